The molecule has 0 spiro atoms. The van der Waals surface area contributed by atoms with Crippen LogP contribution in [0.3, 0.4) is 0 Å². The fourth-order valence-corrected chi connectivity index (χ4v) is 3.72. The standard InChI is InChI=1S/C23H19FN4O3S/c1-2-28-22(29)21(26-18-4-3-10-25-12-18)19(20(27-28)16-9-11-32-14-16)23(30)31-13-15-5-7-17(24)8-6-15/h3-12,14,26H,2,13H2,1H3. The van der Waals surface area contributed by atoms with Gasteiger partial charge in [0.1, 0.15) is 29.4 Å². The maximum atomic E-state index is 13.2. The van der Waals surface area contributed by atoms with E-state index in [-0.39, 0.29) is 23.7 Å². The van der Waals surface area contributed by atoms with Crippen LogP contribution in [-0.2, 0) is 17.9 Å². The Morgan fingerprint density at radius 2 is 2.03 bits per heavy atom. The van der Waals surface area contributed by atoms with Crippen molar-refractivity contribution in [2.24, 2.45) is 0 Å². The van der Waals surface area contributed by atoms with Crippen molar-refractivity contribution in [2.75, 3.05) is 5.32 Å². The van der Waals surface area contributed by atoms with Gasteiger partial charge in [0.05, 0.1) is 11.9 Å². The van der Waals surface area contributed by atoms with Crippen molar-refractivity contribution in [3.8, 4) is 11.3 Å². The Bertz CT molecular complexity index is 1270. The number of anilines is 2. The first-order chi connectivity index (χ1) is 15.6. The average Bonchev–Trinajstić information content (AvgIpc) is 3.35. The number of carbonyl (C=O) groups is 1. The smallest absolute Gasteiger partial charge is 0.343 e. The summed E-state index contributed by atoms with van der Waals surface area (Å²) in [6.07, 6.45) is 3.16. The zero-order chi connectivity index (χ0) is 22.5. The molecule has 0 fully saturated rings. The number of ether oxygens (including phenoxy) is 1. The summed E-state index contributed by atoms with van der Waals surface area (Å²) in [4.78, 5) is 30.4. The third-order valence-electron chi connectivity index (χ3n) is 4.67. The fourth-order valence-electron chi connectivity index (χ4n) is 3.08. The third-order valence-corrected chi connectivity index (χ3v) is 5.35. The van der Waals surface area contributed by atoms with E-state index in [0.29, 0.717) is 29.1 Å². The molecule has 0 atom stereocenters. The van der Waals surface area contributed by atoms with Gasteiger partial charge in [-0.3, -0.25) is 9.78 Å². The lowest BCUT2D eigenvalue weighted by molar-refractivity contribution is 0.0474. The number of carbonyl (C=O) groups excluding carboxylic acids is 1. The van der Waals surface area contributed by atoms with Gasteiger partial charge in [0, 0.05) is 23.7 Å². The Balaban J connectivity index is 1.79. The minimum atomic E-state index is -0.713. The average molecular weight is 450 g/mol. The lowest BCUT2D eigenvalue weighted by Crippen LogP contribution is -2.29. The SMILES string of the molecule is CCn1nc(-c2ccsc2)c(C(=O)OCc2ccc(F)cc2)c(Nc2cccnc2)c1=O. The van der Waals surface area contributed by atoms with Crippen molar-refractivity contribution in [2.45, 2.75) is 20.1 Å². The molecule has 0 radical (unpaired) electrons. The topological polar surface area (TPSA) is 86.1 Å². The molecule has 0 bridgehead atoms. The molecule has 3 heterocycles. The molecule has 0 aliphatic carbocycles. The van der Waals surface area contributed by atoms with Gasteiger partial charge in [0.15, 0.2) is 0 Å². The summed E-state index contributed by atoms with van der Waals surface area (Å²) in [6, 6.07) is 10.9. The molecule has 0 aliphatic heterocycles. The van der Waals surface area contributed by atoms with E-state index in [1.54, 1.807) is 31.5 Å². The summed E-state index contributed by atoms with van der Waals surface area (Å²) in [5.41, 5.74) is 1.83. The summed E-state index contributed by atoms with van der Waals surface area (Å²) < 4.78 is 20.0. The number of nitrogens with one attached hydrogen (secondary N) is 1. The third kappa shape index (κ3) is 4.57. The zero-order valence-electron chi connectivity index (χ0n) is 17.1. The molecule has 0 saturated carbocycles. The van der Waals surface area contributed by atoms with E-state index in [1.807, 2.05) is 16.8 Å². The highest BCUT2D eigenvalue weighted by Gasteiger charge is 2.26. The van der Waals surface area contributed by atoms with Crippen LogP contribution in [0.15, 0.2) is 70.4 Å². The number of aryl methyl sites for hydroxylation is 1. The minimum Gasteiger partial charge on any atom is -0.457 e. The van der Waals surface area contributed by atoms with Crippen LogP contribution in [0.1, 0.15) is 22.8 Å². The molecule has 162 valence electrons. The summed E-state index contributed by atoms with van der Waals surface area (Å²) >= 11 is 1.45. The highest BCUT2D eigenvalue weighted by Crippen LogP contribution is 2.29. The number of benzene rings is 1. The molecule has 4 aromatic rings. The van der Waals surface area contributed by atoms with E-state index in [9.17, 15) is 14.0 Å². The molecule has 0 saturated heterocycles. The van der Waals surface area contributed by atoms with Gasteiger partial charge in [-0.15, -0.1) is 0 Å². The predicted octanol–water partition coefficient (Wildman–Crippen LogP) is 4.63. The Morgan fingerprint density at radius 1 is 1.22 bits per heavy atom. The molecule has 1 N–H and O–H groups in total. The van der Waals surface area contributed by atoms with E-state index < -0.39 is 11.5 Å². The molecule has 0 aliphatic rings. The molecular formula is C23H19FN4O3S. The summed E-state index contributed by atoms with van der Waals surface area (Å²) in [5.74, 6) is -1.09. The first-order valence-corrected chi connectivity index (χ1v) is 10.8. The number of thiophene rings is 1. The Labute approximate surface area is 187 Å². The number of aromatic nitrogens is 3. The first kappa shape index (κ1) is 21.4. The number of esters is 1. The number of rotatable bonds is 7. The van der Waals surface area contributed by atoms with Crippen LogP contribution in [0.2, 0.25) is 0 Å². The molecule has 9 heteroatoms. The summed E-state index contributed by atoms with van der Waals surface area (Å²) in [5, 5.41) is 11.2. The first-order valence-electron chi connectivity index (χ1n) is 9.83. The van der Waals surface area contributed by atoms with Crippen LogP contribution in [0, 0.1) is 5.82 Å². The van der Waals surface area contributed by atoms with Crippen LogP contribution >= 0.6 is 11.3 Å². The van der Waals surface area contributed by atoms with Gasteiger partial charge in [0.2, 0.25) is 0 Å². The van der Waals surface area contributed by atoms with Crippen LogP contribution < -0.4 is 10.9 Å². The Morgan fingerprint density at radius 3 is 2.69 bits per heavy atom. The second-order valence-electron chi connectivity index (χ2n) is 6.80. The van der Waals surface area contributed by atoms with Gasteiger partial charge < -0.3 is 10.1 Å². The minimum absolute atomic E-state index is 0.0315. The van der Waals surface area contributed by atoms with E-state index in [2.05, 4.69) is 15.4 Å². The van der Waals surface area contributed by atoms with Gasteiger partial charge >= 0.3 is 5.97 Å². The number of hydrogen-bond donors (Lipinski definition) is 1. The van der Waals surface area contributed by atoms with Gasteiger partial charge in [-0.1, -0.05) is 12.1 Å². The normalized spacial score (nSPS) is 10.7. The monoisotopic (exact) mass is 450 g/mol. The van der Waals surface area contributed by atoms with E-state index in [1.165, 1.54) is 40.3 Å². The van der Waals surface area contributed by atoms with Crippen molar-refractivity contribution in [3.05, 3.63) is 92.9 Å². The largest absolute Gasteiger partial charge is 0.457 e. The van der Waals surface area contributed by atoms with Crippen molar-refractivity contribution in [3.63, 3.8) is 0 Å². The number of nitrogens with zero attached hydrogens (tertiary/aromatic N) is 3. The molecule has 0 amide bonds. The van der Waals surface area contributed by atoms with Crippen molar-refractivity contribution >= 4 is 28.7 Å². The molecule has 32 heavy (non-hydrogen) atoms. The maximum Gasteiger partial charge on any atom is 0.343 e. The van der Waals surface area contributed by atoms with Crippen molar-refractivity contribution in [1.29, 1.82) is 0 Å². The van der Waals surface area contributed by atoms with Gasteiger partial charge in [-0.05, 0) is 48.2 Å². The molecule has 4 rings (SSSR count). The van der Waals surface area contributed by atoms with E-state index >= 15 is 0 Å². The van der Waals surface area contributed by atoms with Crippen LogP contribution in [0.25, 0.3) is 11.3 Å². The Kier molecular flexibility index (Phi) is 6.37. The second kappa shape index (κ2) is 9.52. The lowest BCUT2D eigenvalue weighted by atomic mass is 10.1. The maximum absolute atomic E-state index is 13.2. The summed E-state index contributed by atoms with van der Waals surface area (Å²) in [7, 11) is 0. The predicted molar refractivity (Wildman–Crippen MR) is 121 cm³/mol. The molecule has 7 nitrogen and oxygen atoms in total. The molecule has 3 aromatic heterocycles. The van der Waals surface area contributed by atoms with Gasteiger partial charge in [-0.25, -0.2) is 13.9 Å². The number of halogens is 1. The Hall–Kier alpha value is -3.85. The van der Waals surface area contributed by atoms with Crippen LogP contribution in [0.4, 0.5) is 15.8 Å². The highest BCUT2D eigenvalue weighted by molar-refractivity contribution is 7.08. The fraction of sp³-hybridized carbons (Fsp3) is 0.130. The van der Waals surface area contributed by atoms with E-state index in [0.717, 1.165) is 0 Å². The number of hydrogen-bond acceptors (Lipinski definition) is 7. The van der Waals surface area contributed by atoms with Crippen LogP contribution in [0.5, 0.6) is 0 Å². The summed E-state index contributed by atoms with van der Waals surface area (Å²) in [6.45, 7) is 2.04. The van der Waals surface area contributed by atoms with Gasteiger partial charge in [-0.2, -0.15) is 16.4 Å². The molecule has 1 aromatic carbocycles. The van der Waals surface area contributed by atoms with Crippen molar-refractivity contribution < 1.29 is 13.9 Å². The number of pyridine rings is 1. The van der Waals surface area contributed by atoms with E-state index in [4.69, 9.17) is 4.74 Å². The van der Waals surface area contributed by atoms with Crippen LogP contribution in [-0.4, -0.2) is 20.7 Å². The molecule has 0 unspecified atom stereocenters. The van der Waals surface area contributed by atoms with Gasteiger partial charge in [0.25, 0.3) is 5.56 Å². The quantitative estimate of drug-likeness (QED) is 0.413. The van der Waals surface area contributed by atoms with Crippen molar-refractivity contribution in [1.82, 2.24) is 14.8 Å². The zero-order valence-corrected chi connectivity index (χ0v) is 17.9. The molecular weight excluding hydrogens is 431 g/mol. The second-order valence-corrected chi connectivity index (χ2v) is 7.58. The lowest BCUT2D eigenvalue weighted by Gasteiger charge is -2.16. The highest BCUT2D eigenvalue weighted by atomic mass is 32.1.